The summed E-state index contributed by atoms with van der Waals surface area (Å²) in [6.45, 7) is 0. The Balaban J connectivity index is 2.62. The van der Waals surface area contributed by atoms with Gasteiger partial charge in [0.2, 0.25) is 5.28 Å². The minimum Gasteiger partial charge on any atom is -0.461 e. The highest BCUT2D eigenvalue weighted by molar-refractivity contribution is 9.10. The fraction of sp³-hybridized carbons (Fsp3) is 0. The zero-order chi connectivity index (χ0) is 10.1. The third-order valence-corrected chi connectivity index (χ3v) is 2.35. The Morgan fingerprint density at radius 3 is 2.93 bits per heavy atom. The van der Waals surface area contributed by atoms with Gasteiger partial charge in [-0.3, -0.25) is 0 Å². The van der Waals surface area contributed by atoms with Crippen molar-refractivity contribution in [3.63, 3.8) is 0 Å². The van der Waals surface area contributed by atoms with Crippen LogP contribution in [0.15, 0.2) is 27.4 Å². The molecule has 2 aromatic rings. The summed E-state index contributed by atoms with van der Waals surface area (Å²) in [5.41, 5.74) is 0.0434. The molecule has 0 unspecified atom stereocenters. The van der Waals surface area contributed by atoms with Crippen molar-refractivity contribution in [3.8, 4) is 11.5 Å². The Morgan fingerprint density at radius 2 is 2.29 bits per heavy atom. The smallest absolute Gasteiger partial charge is 0.223 e. The van der Waals surface area contributed by atoms with Gasteiger partial charge in [-0.15, -0.1) is 0 Å². The average Bonchev–Trinajstić information content (AvgIpc) is 2.56. The summed E-state index contributed by atoms with van der Waals surface area (Å²) >= 11 is 8.74. The molecule has 0 N–H and O–H groups in total. The van der Waals surface area contributed by atoms with E-state index in [1.165, 1.54) is 6.26 Å². The van der Waals surface area contributed by atoms with Crippen LogP contribution in [0.1, 0.15) is 0 Å². The second-order valence-corrected chi connectivity index (χ2v) is 3.63. The van der Waals surface area contributed by atoms with Crippen molar-refractivity contribution < 1.29 is 8.81 Å². The number of hydrogen-bond donors (Lipinski definition) is 0. The third-order valence-electron chi connectivity index (χ3n) is 1.55. The van der Waals surface area contributed by atoms with Crippen LogP contribution in [-0.4, -0.2) is 9.97 Å². The highest BCUT2D eigenvalue weighted by atomic mass is 79.9. The van der Waals surface area contributed by atoms with Crippen LogP contribution in [0.5, 0.6) is 0 Å². The number of furan rings is 1. The molecule has 72 valence electrons. The molecule has 0 atom stereocenters. The summed E-state index contributed by atoms with van der Waals surface area (Å²) < 4.78 is 18.9. The molecule has 0 aliphatic heterocycles. The lowest BCUT2D eigenvalue weighted by molar-refractivity contribution is 0.561. The van der Waals surface area contributed by atoms with Crippen molar-refractivity contribution in [2.45, 2.75) is 0 Å². The van der Waals surface area contributed by atoms with E-state index in [-0.39, 0.29) is 11.0 Å². The van der Waals surface area contributed by atoms with Crippen molar-refractivity contribution in [2.24, 2.45) is 0 Å². The molecule has 0 bridgehead atoms. The average molecular weight is 277 g/mol. The minimum absolute atomic E-state index is 0.0234. The fourth-order valence-electron chi connectivity index (χ4n) is 0.968. The molecule has 0 saturated carbocycles. The third kappa shape index (κ3) is 1.65. The van der Waals surface area contributed by atoms with E-state index >= 15 is 0 Å². The summed E-state index contributed by atoms with van der Waals surface area (Å²) in [6.07, 6.45) is 2.43. The summed E-state index contributed by atoms with van der Waals surface area (Å²) in [5, 5.41) is -0.0234. The molecule has 2 rings (SSSR count). The van der Waals surface area contributed by atoms with E-state index in [2.05, 4.69) is 25.9 Å². The summed E-state index contributed by atoms with van der Waals surface area (Å²) in [4.78, 5) is 7.23. The van der Waals surface area contributed by atoms with Gasteiger partial charge in [0.25, 0.3) is 0 Å². The molecule has 2 aromatic heterocycles. The van der Waals surface area contributed by atoms with Gasteiger partial charge >= 0.3 is 0 Å². The van der Waals surface area contributed by atoms with E-state index in [0.29, 0.717) is 10.2 Å². The summed E-state index contributed by atoms with van der Waals surface area (Å²) in [6, 6.07) is 1.64. The van der Waals surface area contributed by atoms with E-state index < -0.39 is 5.82 Å². The van der Waals surface area contributed by atoms with Crippen LogP contribution < -0.4 is 0 Å². The lowest BCUT2D eigenvalue weighted by Crippen LogP contribution is -1.91. The van der Waals surface area contributed by atoms with E-state index in [9.17, 15) is 4.39 Å². The minimum atomic E-state index is -0.579. The number of nitrogens with zero attached hydrogens (tertiary/aromatic N) is 2. The molecular formula is C8H3BrClFN2O. The van der Waals surface area contributed by atoms with Crippen LogP contribution in [0, 0.1) is 5.82 Å². The van der Waals surface area contributed by atoms with Gasteiger partial charge in [0.1, 0.15) is 5.69 Å². The lowest BCUT2D eigenvalue weighted by Gasteiger charge is -1.98. The van der Waals surface area contributed by atoms with Gasteiger partial charge in [-0.2, -0.15) is 0 Å². The molecule has 0 aliphatic carbocycles. The largest absolute Gasteiger partial charge is 0.461 e. The van der Waals surface area contributed by atoms with Gasteiger partial charge in [0.15, 0.2) is 11.6 Å². The Kier molecular flexibility index (Phi) is 2.52. The van der Waals surface area contributed by atoms with Crippen LogP contribution in [0.25, 0.3) is 11.5 Å². The molecule has 0 spiro atoms. The number of aromatic nitrogens is 2. The quantitative estimate of drug-likeness (QED) is 0.751. The maximum absolute atomic E-state index is 13.2. The monoisotopic (exact) mass is 276 g/mol. The fourth-order valence-corrected chi connectivity index (χ4v) is 1.49. The number of rotatable bonds is 1. The van der Waals surface area contributed by atoms with Gasteiger partial charge < -0.3 is 4.42 Å². The Morgan fingerprint density at radius 1 is 1.50 bits per heavy atom. The molecule has 14 heavy (non-hydrogen) atoms. The highest BCUT2D eigenvalue weighted by Crippen LogP contribution is 2.29. The van der Waals surface area contributed by atoms with Gasteiger partial charge in [-0.1, -0.05) is 0 Å². The molecule has 0 amide bonds. The van der Waals surface area contributed by atoms with Crippen molar-refractivity contribution >= 4 is 27.5 Å². The first kappa shape index (κ1) is 9.61. The van der Waals surface area contributed by atoms with Gasteiger partial charge in [-0.25, -0.2) is 14.4 Å². The van der Waals surface area contributed by atoms with Gasteiger partial charge in [0.05, 0.1) is 16.9 Å². The lowest BCUT2D eigenvalue weighted by atomic mass is 10.3. The van der Waals surface area contributed by atoms with E-state index in [1.807, 2.05) is 0 Å². The Hall–Kier alpha value is -0.940. The molecule has 2 heterocycles. The van der Waals surface area contributed by atoms with Crippen molar-refractivity contribution in [2.75, 3.05) is 0 Å². The Bertz CT molecular complexity index is 474. The molecule has 0 aromatic carbocycles. The number of hydrogen-bond acceptors (Lipinski definition) is 3. The van der Waals surface area contributed by atoms with E-state index in [0.717, 1.165) is 6.20 Å². The standard InChI is InChI=1S/C8H3BrClFN2O/c9-4-1-2-14-7(4)6-5(11)3-12-8(10)13-6/h1-3H. The first-order chi connectivity index (χ1) is 6.68. The molecule has 6 heteroatoms. The maximum atomic E-state index is 13.2. The first-order valence-corrected chi connectivity index (χ1v) is 4.77. The second-order valence-electron chi connectivity index (χ2n) is 2.43. The van der Waals surface area contributed by atoms with Crippen LogP contribution in [0.2, 0.25) is 5.28 Å². The predicted molar refractivity (Wildman–Crippen MR) is 52.4 cm³/mol. The molecule has 0 radical (unpaired) electrons. The molecule has 0 fully saturated rings. The second kappa shape index (κ2) is 3.67. The zero-order valence-electron chi connectivity index (χ0n) is 6.67. The molecule has 3 nitrogen and oxygen atoms in total. The first-order valence-electron chi connectivity index (χ1n) is 3.60. The SMILES string of the molecule is Fc1cnc(Cl)nc1-c1occc1Br. The van der Waals surface area contributed by atoms with Crippen LogP contribution in [-0.2, 0) is 0 Å². The molecule has 0 aliphatic rings. The highest BCUT2D eigenvalue weighted by Gasteiger charge is 2.14. The van der Waals surface area contributed by atoms with Crippen LogP contribution >= 0.6 is 27.5 Å². The van der Waals surface area contributed by atoms with Gasteiger partial charge in [0, 0.05) is 0 Å². The molecular weight excluding hydrogens is 274 g/mol. The summed E-state index contributed by atoms with van der Waals surface area (Å²) in [7, 11) is 0. The summed E-state index contributed by atoms with van der Waals surface area (Å²) in [5.74, 6) is -0.281. The molecule has 0 saturated heterocycles. The van der Waals surface area contributed by atoms with E-state index in [1.54, 1.807) is 6.07 Å². The topological polar surface area (TPSA) is 38.9 Å². The van der Waals surface area contributed by atoms with Crippen molar-refractivity contribution in [1.29, 1.82) is 0 Å². The Labute approximate surface area is 92.1 Å². The number of halogens is 3. The maximum Gasteiger partial charge on any atom is 0.223 e. The predicted octanol–water partition coefficient (Wildman–Crippen LogP) is 3.29. The van der Waals surface area contributed by atoms with Crippen LogP contribution in [0.4, 0.5) is 4.39 Å². The normalized spacial score (nSPS) is 10.5. The van der Waals surface area contributed by atoms with Gasteiger partial charge in [-0.05, 0) is 33.6 Å². The zero-order valence-corrected chi connectivity index (χ0v) is 9.01. The van der Waals surface area contributed by atoms with Crippen molar-refractivity contribution in [3.05, 3.63) is 34.1 Å². The van der Waals surface area contributed by atoms with E-state index in [4.69, 9.17) is 16.0 Å². The van der Waals surface area contributed by atoms with Crippen LogP contribution in [0.3, 0.4) is 0 Å². The van der Waals surface area contributed by atoms with Crippen molar-refractivity contribution in [1.82, 2.24) is 9.97 Å².